The van der Waals surface area contributed by atoms with E-state index in [2.05, 4.69) is 10.1 Å². The molecule has 2 aliphatic carbocycles. The molecule has 2 saturated carbocycles. The van der Waals surface area contributed by atoms with Crippen LogP contribution in [-0.4, -0.2) is 21.4 Å². The highest BCUT2D eigenvalue weighted by Crippen LogP contribution is 2.47. The summed E-state index contributed by atoms with van der Waals surface area (Å²) in [6.45, 7) is 0.312. The van der Waals surface area contributed by atoms with Gasteiger partial charge in [-0.05, 0) is 56.7 Å². The predicted molar refractivity (Wildman–Crippen MR) is 139 cm³/mol. The Balaban J connectivity index is 1.18. The van der Waals surface area contributed by atoms with Crippen molar-refractivity contribution in [2.75, 3.05) is 0 Å². The van der Waals surface area contributed by atoms with Crippen molar-refractivity contribution >= 4 is 44.8 Å². The average Bonchev–Trinajstić information content (AvgIpc) is 3.51. The molecule has 0 atom stereocenters. The van der Waals surface area contributed by atoms with Gasteiger partial charge in [0, 0.05) is 23.1 Å². The van der Waals surface area contributed by atoms with Crippen molar-refractivity contribution in [1.82, 2.24) is 10.1 Å². The van der Waals surface area contributed by atoms with Crippen LogP contribution in [0.25, 0.3) is 21.5 Å². The van der Waals surface area contributed by atoms with Gasteiger partial charge in [0.15, 0.2) is 0 Å². The standard InChI is InChI=1S/C27H22Cl2FN3O3S/c28-18-2-1-3-19(29)23(18)24-17(25(36-33-24)14-4-5-14)13-35-16-6-8-27(34,9-7-16)26-32-21-11-20(30)15(12-31)10-22(21)37-26/h1-3,10-11,14,16,34H,4-9,13H2/t16-,27+. The van der Waals surface area contributed by atoms with Gasteiger partial charge in [-0.25, -0.2) is 9.37 Å². The fraction of sp³-hybridized carbons (Fsp3) is 0.370. The largest absolute Gasteiger partial charge is 0.383 e. The molecule has 0 radical (unpaired) electrons. The van der Waals surface area contributed by atoms with Crippen LogP contribution in [0.15, 0.2) is 34.9 Å². The molecular formula is C27H22Cl2FN3O3S. The summed E-state index contributed by atoms with van der Waals surface area (Å²) in [7, 11) is 0. The summed E-state index contributed by atoms with van der Waals surface area (Å²) in [5, 5.41) is 26.3. The van der Waals surface area contributed by atoms with E-state index in [0.717, 1.165) is 24.2 Å². The van der Waals surface area contributed by atoms with E-state index in [4.69, 9.17) is 37.7 Å². The third-order valence-electron chi connectivity index (χ3n) is 7.19. The van der Waals surface area contributed by atoms with E-state index < -0.39 is 11.4 Å². The predicted octanol–water partition coefficient (Wildman–Crippen LogP) is 7.49. The summed E-state index contributed by atoms with van der Waals surface area (Å²) < 4.78 is 26.8. The summed E-state index contributed by atoms with van der Waals surface area (Å²) in [6.07, 6.45) is 4.24. The Hall–Kier alpha value is -2.54. The van der Waals surface area contributed by atoms with Crippen molar-refractivity contribution in [1.29, 1.82) is 5.26 Å². The van der Waals surface area contributed by atoms with Gasteiger partial charge in [-0.3, -0.25) is 0 Å². The molecule has 0 amide bonds. The van der Waals surface area contributed by atoms with Crippen LogP contribution in [0.1, 0.15) is 66.3 Å². The quantitative estimate of drug-likeness (QED) is 0.264. The van der Waals surface area contributed by atoms with Crippen LogP contribution in [0.2, 0.25) is 10.0 Å². The summed E-state index contributed by atoms with van der Waals surface area (Å²) in [6, 6.07) is 9.94. The number of nitriles is 1. The van der Waals surface area contributed by atoms with Gasteiger partial charge < -0.3 is 14.4 Å². The van der Waals surface area contributed by atoms with Gasteiger partial charge in [-0.2, -0.15) is 5.26 Å². The van der Waals surface area contributed by atoms with Gasteiger partial charge in [0.25, 0.3) is 0 Å². The maximum Gasteiger partial charge on any atom is 0.145 e. The first-order chi connectivity index (χ1) is 17.9. The van der Waals surface area contributed by atoms with Crippen molar-refractivity contribution in [3.05, 3.63) is 68.1 Å². The first-order valence-corrected chi connectivity index (χ1v) is 13.7. The van der Waals surface area contributed by atoms with Gasteiger partial charge in [0.2, 0.25) is 0 Å². The lowest BCUT2D eigenvalue weighted by Gasteiger charge is -2.34. The minimum absolute atomic E-state index is 0.0245. The monoisotopic (exact) mass is 557 g/mol. The first-order valence-electron chi connectivity index (χ1n) is 12.1. The molecule has 190 valence electrons. The average molecular weight is 558 g/mol. The van der Waals surface area contributed by atoms with Crippen LogP contribution >= 0.6 is 34.5 Å². The van der Waals surface area contributed by atoms with Crippen molar-refractivity contribution < 1.29 is 18.8 Å². The van der Waals surface area contributed by atoms with Crippen LogP contribution in [0, 0.1) is 17.1 Å². The molecule has 1 N–H and O–H groups in total. The Kier molecular flexibility index (Phi) is 6.46. The van der Waals surface area contributed by atoms with Crippen molar-refractivity contribution in [2.24, 2.45) is 0 Å². The minimum Gasteiger partial charge on any atom is -0.383 e. The summed E-state index contributed by atoms with van der Waals surface area (Å²) in [5.74, 6) is 0.562. The van der Waals surface area contributed by atoms with Gasteiger partial charge in [0.1, 0.15) is 33.9 Å². The molecule has 2 heterocycles. The fourth-order valence-corrected chi connectivity index (χ4v) is 6.64. The summed E-state index contributed by atoms with van der Waals surface area (Å²) >= 11 is 14.2. The molecule has 6 rings (SSSR count). The van der Waals surface area contributed by atoms with Crippen molar-refractivity contribution in [2.45, 2.75) is 62.8 Å². The lowest BCUT2D eigenvalue weighted by atomic mass is 9.83. The Morgan fingerprint density at radius 1 is 1.19 bits per heavy atom. The molecule has 4 aromatic rings. The second-order valence-corrected chi connectivity index (χ2v) is 11.6. The van der Waals surface area contributed by atoms with E-state index in [1.807, 2.05) is 6.07 Å². The highest BCUT2D eigenvalue weighted by atomic mass is 35.5. The molecule has 0 aliphatic heterocycles. The van der Waals surface area contributed by atoms with Gasteiger partial charge in [-0.1, -0.05) is 34.4 Å². The molecule has 2 aromatic carbocycles. The maximum absolute atomic E-state index is 14.0. The molecule has 0 spiro atoms. The Labute approximate surface area is 226 Å². The number of nitrogens with zero attached hydrogens (tertiary/aromatic N) is 3. The number of ether oxygens (including phenoxy) is 1. The molecule has 0 unspecified atom stereocenters. The van der Waals surface area contributed by atoms with Gasteiger partial charge >= 0.3 is 0 Å². The zero-order chi connectivity index (χ0) is 25.7. The summed E-state index contributed by atoms with van der Waals surface area (Å²) in [4.78, 5) is 4.49. The third-order valence-corrected chi connectivity index (χ3v) is 9.03. The highest BCUT2D eigenvalue weighted by Gasteiger charge is 2.39. The number of fused-ring (bicyclic) bond motifs is 1. The third kappa shape index (κ3) is 4.64. The zero-order valence-electron chi connectivity index (χ0n) is 19.6. The molecule has 2 aliphatic rings. The van der Waals surface area contributed by atoms with E-state index in [-0.39, 0.29) is 11.7 Å². The van der Waals surface area contributed by atoms with E-state index in [0.29, 0.717) is 74.7 Å². The van der Waals surface area contributed by atoms with Crippen LogP contribution in [-0.2, 0) is 16.9 Å². The number of thiazole rings is 1. The van der Waals surface area contributed by atoms with Crippen LogP contribution in [0.3, 0.4) is 0 Å². The smallest absolute Gasteiger partial charge is 0.145 e. The first kappa shape index (κ1) is 24.8. The summed E-state index contributed by atoms with van der Waals surface area (Å²) in [5.41, 5.74) is 1.45. The lowest BCUT2D eigenvalue weighted by molar-refractivity contribution is -0.0640. The topological polar surface area (TPSA) is 92.2 Å². The lowest BCUT2D eigenvalue weighted by Crippen LogP contribution is -2.34. The van der Waals surface area contributed by atoms with Crippen molar-refractivity contribution in [3.63, 3.8) is 0 Å². The zero-order valence-corrected chi connectivity index (χ0v) is 22.0. The molecule has 2 aromatic heterocycles. The molecule has 2 fully saturated rings. The van der Waals surface area contributed by atoms with E-state index in [9.17, 15) is 9.50 Å². The Bertz CT molecular complexity index is 1510. The molecule has 6 nitrogen and oxygen atoms in total. The number of rotatable bonds is 6. The number of aliphatic hydroxyl groups is 1. The number of aromatic nitrogens is 2. The molecule has 0 saturated heterocycles. The Morgan fingerprint density at radius 2 is 1.92 bits per heavy atom. The number of benzene rings is 2. The maximum atomic E-state index is 14.0. The highest BCUT2D eigenvalue weighted by molar-refractivity contribution is 7.18. The Morgan fingerprint density at radius 3 is 2.59 bits per heavy atom. The number of hydrogen-bond donors (Lipinski definition) is 1. The van der Waals surface area contributed by atoms with Crippen LogP contribution in [0.4, 0.5) is 4.39 Å². The van der Waals surface area contributed by atoms with E-state index in [1.165, 1.54) is 23.5 Å². The van der Waals surface area contributed by atoms with Gasteiger partial charge in [0.05, 0.1) is 38.5 Å². The number of hydrogen-bond acceptors (Lipinski definition) is 7. The molecule has 10 heteroatoms. The minimum atomic E-state index is -1.11. The van der Waals surface area contributed by atoms with E-state index in [1.54, 1.807) is 18.2 Å². The van der Waals surface area contributed by atoms with E-state index >= 15 is 0 Å². The van der Waals surface area contributed by atoms with Crippen molar-refractivity contribution in [3.8, 4) is 17.3 Å². The van der Waals surface area contributed by atoms with Gasteiger partial charge in [-0.15, -0.1) is 11.3 Å². The normalized spacial score (nSPS) is 21.9. The van der Waals surface area contributed by atoms with Crippen LogP contribution in [0.5, 0.6) is 0 Å². The molecule has 0 bridgehead atoms. The second kappa shape index (κ2) is 9.64. The fourth-order valence-electron chi connectivity index (χ4n) is 4.93. The number of halogens is 3. The molecular weight excluding hydrogens is 536 g/mol. The molecule has 37 heavy (non-hydrogen) atoms. The second-order valence-electron chi connectivity index (χ2n) is 9.72. The van der Waals surface area contributed by atoms with Crippen LogP contribution < -0.4 is 0 Å². The SMILES string of the molecule is N#Cc1cc2sc([C@]3(O)CC[C@@H](OCc4c(-c5c(Cl)cccc5Cl)noc4C4CC4)CC3)nc2cc1F.